The summed E-state index contributed by atoms with van der Waals surface area (Å²) in [5.74, 6) is -0.868. The van der Waals surface area contributed by atoms with Crippen molar-refractivity contribution in [3.05, 3.63) is 35.6 Å². The number of benzene rings is 1. The third-order valence-corrected chi connectivity index (χ3v) is 2.25. The molecule has 1 aromatic carbocycles. The van der Waals surface area contributed by atoms with Crippen LogP contribution in [0.4, 0.5) is 4.39 Å². The van der Waals surface area contributed by atoms with Gasteiger partial charge in [-0.25, -0.2) is 4.39 Å². The molecule has 0 aliphatic carbocycles. The van der Waals surface area contributed by atoms with Crippen LogP contribution in [0.5, 0.6) is 0 Å². The molecule has 1 aromatic rings. The average Bonchev–Trinajstić information content (AvgIpc) is 2.13. The molecule has 1 aliphatic heterocycles. The summed E-state index contributed by atoms with van der Waals surface area (Å²) >= 11 is 0. The Morgan fingerprint density at radius 2 is 2.07 bits per heavy atom. The van der Waals surface area contributed by atoms with Gasteiger partial charge in [0, 0.05) is 13.1 Å². The van der Waals surface area contributed by atoms with Crippen molar-refractivity contribution >= 4 is 5.91 Å². The van der Waals surface area contributed by atoms with Crippen molar-refractivity contribution in [2.45, 2.75) is 6.10 Å². The maximum absolute atomic E-state index is 13.1. The first-order chi connectivity index (χ1) is 6.68. The lowest BCUT2D eigenvalue weighted by molar-refractivity contribution is 0.00559. The number of hydrogen-bond donors (Lipinski definition) is 1. The molecule has 0 bridgehead atoms. The minimum Gasteiger partial charge on any atom is -0.389 e. The molecule has 0 aromatic heterocycles. The Labute approximate surface area is 80.8 Å². The lowest BCUT2D eigenvalue weighted by Gasteiger charge is -2.35. The molecule has 1 fully saturated rings. The van der Waals surface area contributed by atoms with E-state index in [2.05, 4.69) is 0 Å². The van der Waals surface area contributed by atoms with Gasteiger partial charge < -0.3 is 10.0 Å². The van der Waals surface area contributed by atoms with Gasteiger partial charge in [0.25, 0.3) is 5.91 Å². The van der Waals surface area contributed by atoms with Gasteiger partial charge >= 0.3 is 0 Å². The number of nitrogens with zero attached hydrogens (tertiary/aromatic N) is 1. The van der Waals surface area contributed by atoms with Crippen molar-refractivity contribution in [1.29, 1.82) is 0 Å². The summed E-state index contributed by atoms with van der Waals surface area (Å²) in [4.78, 5) is 13.0. The minimum absolute atomic E-state index is 0.0689. The maximum atomic E-state index is 13.1. The summed E-state index contributed by atoms with van der Waals surface area (Å²) in [6.45, 7) is 0.598. The Morgan fingerprint density at radius 1 is 1.43 bits per heavy atom. The van der Waals surface area contributed by atoms with E-state index in [1.165, 1.54) is 23.1 Å². The summed E-state index contributed by atoms with van der Waals surface area (Å²) in [5, 5.41) is 9.00. The number of rotatable bonds is 1. The fourth-order valence-electron chi connectivity index (χ4n) is 1.43. The van der Waals surface area contributed by atoms with Crippen molar-refractivity contribution in [3.8, 4) is 0 Å². The Hall–Kier alpha value is -1.42. The first kappa shape index (κ1) is 9.15. The highest BCUT2D eigenvalue weighted by atomic mass is 19.1. The number of halogens is 1. The standard InChI is InChI=1S/C10H10FNO2/c11-9-4-2-1-3-8(9)10(14)12-5-7(13)6-12/h1-4,7,13H,5-6H2. The van der Waals surface area contributed by atoms with Gasteiger partial charge in [-0.1, -0.05) is 12.1 Å². The molecule has 2 rings (SSSR count). The summed E-state index contributed by atoms with van der Waals surface area (Å²) in [7, 11) is 0. The number of hydrogen-bond acceptors (Lipinski definition) is 2. The Bertz CT molecular complexity index is 361. The molecule has 1 amide bonds. The number of aliphatic hydroxyl groups is 1. The Kier molecular flexibility index (Phi) is 2.21. The predicted octanol–water partition coefficient (Wildman–Crippen LogP) is 0.642. The molecule has 0 radical (unpaired) electrons. The molecule has 0 saturated carbocycles. The molecule has 0 atom stereocenters. The second-order valence-electron chi connectivity index (χ2n) is 3.34. The van der Waals surface area contributed by atoms with Crippen LogP contribution in [0, 0.1) is 5.82 Å². The largest absolute Gasteiger partial charge is 0.389 e. The van der Waals surface area contributed by atoms with Gasteiger partial charge in [0.2, 0.25) is 0 Å². The topological polar surface area (TPSA) is 40.5 Å². The van der Waals surface area contributed by atoms with E-state index in [-0.39, 0.29) is 11.5 Å². The van der Waals surface area contributed by atoms with E-state index in [4.69, 9.17) is 5.11 Å². The number of carbonyl (C=O) groups is 1. The molecular weight excluding hydrogens is 185 g/mol. The molecule has 1 heterocycles. The van der Waals surface area contributed by atoms with E-state index >= 15 is 0 Å². The normalized spacial score (nSPS) is 16.6. The number of likely N-dealkylation sites (tertiary alicyclic amines) is 1. The summed E-state index contributed by atoms with van der Waals surface area (Å²) in [6.07, 6.45) is -0.453. The summed E-state index contributed by atoms with van der Waals surface area (Å²) in [5.41, 5.74) is 0.0689. The van der Waals surface area contributed by atoms with Gasteiger partial charge in [-0.2, -0.15) is 0 Å². The van der Waals surface area contributed by atoms with Crippen LogP contribution in [0.15, 0.2) is 24.3 Å². The van der Waals surface area contributed by atoms with Crippen molar-refractivity contribution in [2.75, 3.05) is 13.1 Å². The predicted molar refractivity (Wildman–Crippen MR) is 48.3 cm³/mol. The monoisotopic (exact) mass is 195 g/mol. The molecule has 1 aliphatic rings. The Morgan fingerprint density at radius 3 is 2.64 bits per heavy atom. The molecule has 14 heavy (non-hydrogen) atoms. The first-order valence-corrected chi connectivity index (χ1v) is 4.40. The van der Waals surface area contributed by atoms with Gasteiger partial charge in [-0.3, -0.25) is 4.79 Å². The van der Waals surface area contributed by atoms with Crippen LogP contribution in [-0.4, -0.2) is 35.1 Å². The van der Waals surface area contributed by atoms with Gasteiger partial charge in [-0.05, 0) is 12.1 Å². The molecule has 74 valence electrons. The number of β-amino-alcohol motifs (C(OH)–C–C–N with tert-alkyl or cyclic N) is 1. The number of amides is 1. The lowest BCUT2D eigenvalue weighted by Crippen LogP contribution is -2.53. The average molecular weight is 195 g/mol. The van der Waals surface area contributed by atoms with E-state index in [1.54, 1.807) is 6.07 Å². The molecule has 0 unspecified atom stereocenters. The van der Waals surface area contributed by atoms with E-state index in [1.807, 2.05) is 0 Å². The molecule has 4 heteroatoms. The summed E-state index contributed by atoms with van der Waals surface area (Å²) in [6, 6.07) is 5.86. The molecule has 1 saturated heterocycles. The second kappa shape index (κ2) is 3.38. The van der Waals surface area contributed by atoms with Crippen LogP contribution in [0.1, 0.15) is 10.4 Å². The van der Waals surface area contributed by atoms with Crippen LogP contribution >= 0.6 is 0 Å². The van der Waals surface area contributed by atoms with Gasteiger partial charge in [0.1, 0.15) is 5.82 Å². The number of carbonyl (C=O) groups excluding carboxylic acids is 1. The lowest BCUT2D eigenvalue weighted by atomic mass is 10.1. The van der Waals surface area contributed by atoms with Crippen LogP contribution in [-0.2, 0) is 0 Å². The van der Waals surface area contributed by atoms with Crippen LogP contribution in [0.25, 0.3) is 0 Å². The fraction of sp³-hybridized carbons (Fsp3) is 0.300. The second-order valence-corrected chi connectivity index (χ2v) is 3.34. The Balaban J connectivity index is 2.16. The first-order valence-electron chi connectivity index (χ1n) is 4.40. The van der Waals surface area contributed by atoms with Crippen molar-refractivity contribution in [2.24, 2.45) is 0 Å². The van der Waals surface area contributed by atoms with Crippen LogP contribution in [0.2, 0.25) is 0 Å². The number of aliphatic hydroxyl groups excluding tert-OH is 1. The highest BCUT2D eigenvalue weighted by Crippen LogP contribution is 2.15. The van der Waals surface area contributed by atoms with Gasteiger partial charge in [-0.15, -0.1) is 0 Å². The van der Waals surface area contributed by atoms with Crippen LogP contribution < -0.4 is 0 Å². The van der Waals surface area contributed by atoms with E-state index in [0.717, 1.165) is 0 Å². The third-order valence-electron chi connectivity index (χ3n) is 2.25. The fourth-order valence-corrected chi connectivity index (χ4v) is 1.43. The zero-order chi connectivity index (χ0) is 10.1. The smallest absolute Gasteiger partial charge is 0.257 e. The van der Waals surface area contributed by atoms with E-state index in [9.17, 15) is 9.18 Å². The zero-order valence-electron chi connectivity index (χ0n) is 7.48. The molecule has 0 spiro atoms. The summed E-state index contributed by atoms with van der Waals surface area (Å²) < 4.78 is 13.1. The highest BCUT2D eigenvalue weighted by Gasteiger charge is 2.30. The van der Waals surface area contributed by atoms with Crippen LogP contribution in [0.3, 0.4) is 0 Å². The van der Waals surface area contributed by atoms with Gasteiger partial charge in [0.15, 0.2) is 0 Å². The molecule has 3 nitrogen and oxygen atoms in total. The highest BCUT2D eigenvalue weighted by molar-refractivity contribution is 5.95. The van der Waals surface area contributed by atoms with Gasteiger partial charge in [0.05, 0.1) is 11.7 Å². The third kappa shape index (κ3) is 1.48. The van der Waals surface area contributed by atoms with E-state index < -0.39 is 11.9 Å². The molecular formula is C10H10FNO2. The van der Waals surface area contributed by atoms with Crippen molar-refractivity contribution in [1.82, 2.24) is 4.90 Å². The van der Waals surface area contributed by atoms with E-state index in [0.29, 0.717) is 13.1 Å². The van der Waals surface area contributed by atoms with Crippen molar-refractivity contribution < 1.29 is 14.3 Å². The quantitative estimate of drug-likeness (QED) is 0.714. The minimum atomic E-state index is -0.515. The SMILES string of the molecule is O=C(c1ccccc1F)N1CC(O)C1. The zero-order valence-corrected chi connectivity index (χ0v) is 7.48. The van der Waals surface area contributed by atoms with Crippen molar-refractivity contribution in [3.63, 3.8) is 0 Å². The molecule has 1 N–H and O–H groups in total. The maximum Gasteiger partial charge on any atom is 0.257 e.